The van der Waals surface area contributed by atoms with E-state index < -0.39 is 33.3 Å². The van der Waals surface area contributed by atoms with E-state index >= 15 is 0 Å². The molecular weight excluding hydrogens is 635 g/mol. The van der Waals surface area contributed by atoms with Crippen LogP contribution in [0.15, 0.2) is 41.2 Å². The number of halogens is 3. The number of nitrogens with one attached hydrogen (secondary N) is 4. The topological polar surface area (TPSA) is 131 Å². The van der Waals surface area contributed by atoms with Gasteiger partial charge in [0.2, 0.25) is 0 Å². The molecule has 3 aromatic rings. The van der Waals surface area contributed by atoms with Crippen molar-refractivity contribution in [2.45, 2.75) is 25.8 Å². The van der Waals surface area contributed by atoms with Crippen LogP contribution in [0.4, 0.5) is 26.0 Å². The van der Waals surface area contributed by atoms with E-state index in [2.05, 4.69) is 15.4 Å². The van der Waals surface area contributed by atoms with Gasteiger partial charge in [-0.05, 0) is 66.6 Å². The number of aromatic nitrogens is 1. The molecule has 14 heteroatoms. The van der Waals surface area contributed by atoms with Gasteiger partial charge < -0.3 is 15.4 Å². The average molecular weight is 659 g/mol. The Morgan fingerprint density at radius 1 is 1.16 bits per heavy atom. The molecule has 1 fully saturated rings. The largest absolute Gasteiger partial charge is 0.456 e. The molecule has 1 aliphatic rings. The van der Waals surface area contributed by atoms with Gasteiger partial charge in [-0.2, -0.15) is 8.42 Å². The highest BCUT2D eigenvalue weighted by Crippen LogP contribution is 2.36. The lowest BCUT2D eigenvalue weighted by Crippen LogP contribution is -2.31. The van der Waals surface area contributed by atoms with Gasteiger partial charge in [0.05, 0.1) is 16.9 Å². The first-order chi connectivity index (χ1) is 17.9. The first kappa shape index (κ1) is 27.8. The number of rotatable bonds is 9. The molecule has 10 nitrogen and oxygen atoms in total. The maximum Gasteiger partial charge on any atom is 0.298 e. The molecule has 1 aliphatic carbocycles. The molecule has 0 saturated heterocycles. The van der Waals surface area contributed by atoms with Crippen molar-refractivity contribution in [3.8, 4) is 11.5 Å². The Labute approximate surface area is 231 Å². The zero-order valence-corrected chi connectivity index (χ0v) is 23.5. The molecule has 1 aromatic heterocycles. The van der Waals surface area contributed by atoms with Crippen molar-refractivity contribution in [1.29, 1.82) is 0 Å². The highest BCUT2D eigenvalue weighted by atomic mass is 127. The standard InChI is InChI=1S/C24H24F2IN5O5S/c1-12-21(37-17-9-13(25)8-16(11-17)31-38(35,36)28-2)20(23(33)29-15-5-6-15)22(32(3)24(12)34)30-19-7-4-14(27)10-18(19)26/h4,7-11,15,28,30-31H,5-6H2,1-3H3,(H,29,33). The van der Waals surface area contributed by atoms with Crippen LogP contribution in [0, 0.1) is 22.1 Å². The number of ether oxygens (including phenoxy) is 1. The summed E-state index contributed by atoms with van der Waals surface area (Å²) in [6.45, 7) is 1.44. The third kappa shape index (κ3) is 6.24. The van der Waals surface area contributed by atoms with E-state index in [1.165, 1.54) is 43.8 Å². The Hall–Kier alpha value is -3.24. The van der Waals surface area contributed by atoms with Crippen LogP contribution in [0.3, 0.4) is 0 Å². The third-order valence-electron chi connectivity index (χ3n) is 5.70. The first-order valence-corrected chi connectivity index (χ1v) is 13.9. The van der Waals surface area contributed by atoms with Crippen LogP contribution in [0.25, 0.3) is 0 Å². The van der Waals surface area contributed by atoms with E-state index in [4.69, 9.17) is 4.74 Å². The lowest BCUT2D eigenvalue weighted by Gasteiger charge is -2.21. The molecule has 4 N–H and O–H groups in total. The Bertz CT molecular complexity index is 1590. The van der Waals surface area contributed by atoms with Gasteiger partial charge in [-0.1, -0.05) is 0 Å². The van der Waals surface area contributed by atoms with Gasteiger partial charge >= 0.3 is 0 Å². The zero-order valence-electron chi connectivity index (χ0n) is 20.5. The zero-order chi connectivity index (χ0) is 27.8. The maximum absolute atomic E-state index is 14.7. The number of benzene rings is 2. The van der Waals surface area contributed by atoms with E-state index in [0.717, 1.165) is 25.0 Å². The maximum atomic E-state index is 14.7. The van der Waals surface area contributed by atoms with E-state index in [1.807, 2.05) is 27.3 Å². The Kier molecular flexibility index (Phi) is 7.94. The lowest BCUT2D eigenvalue weighted by molar-refractivity contribution is 0.0948. The number of anilines is 3. The van der Waals surface area contributed by atoms with Crippen molar-refractivity contribution in [3.05, 3.63) is 73.1 Å². The third-order valence-corrected chi connectivity index (χ3v) is 7.41. The summed E-state index contributed by atoms with van der Waals surface area (Å²) in [6.07, 6.45) is 1.56. The molecule has 4 rings (SSSR count). The van der Waals surface area contributed by atoms with Crippen molar-refractivity contribution >= 4 is 55.9 Å². The van der Waals surface area contributed by atoms with Gasteiger partial charge in [-0.25, -0.2) is 13.5 Å². The molecule has 1 saturated carbocycles. The van der Waals surface area contributed by atoms with Crippen molar-refractivity contribution in [2.75, 3.05) is 17.1 Å². The summed E-state index contributed by atoms with van der Waals surface area (Å²) in [5.41, 5.74) is -0.756. The minimum absolute atomic E-state index is 0.0187. The summed E-state index contributed by atoms with van der Waals surface area (Å²) in [6, 6.07) is 7.46. The van der Waals surface area contributed by atoms with Crippen LogP contribution >= 0.6 is 22.6 Å². The number of hydrogen-bond donors (Lipinski definition) is 4. The van der Waals surface area contributed by atoms with Crippen LogP contribution in [0.2, 0.25) is 0 Å². The molecule has 0 aliphatic heterocycles. The molecule has 2 aromatic carbocycles. The van der Waals surface area contributed by atoms with Crippen molar-refractivity contribution in [2.24, 2.45) is 7.05 Å². The molecule has 202 valence electrons. The molecule has 0 radical (unpaired) electrons. The van der Waals surface area contributed by atoms with E-state index in [1.54, 1.807) is 6.07 Å². The molecule has 0 unspecified atom stereocenters. The van der Waals surface area contributed by atoms with Gasteiger partial charge in [0.1, 0.15) is 28.8 Å². The number of carbonyl (C=O) groups excluding carboxylic acids is 1. The molecule has 0 spiro atoms. The second-order valence-electron chi connectivity index (χ2n) is 8.63. The number of amides is 1. The van der Waals surface area contributed by atoms with Crippen LogP contribution < -0.4 is 30.4 Å². The van der Waals surface area contributed by atoms with Gasteiger partial charge in [-0.3, -0.25) is 18.9 Å². The molecule has 38 heavy (non-hydrogen) atoms. The fraction of sp³-hybridized carbons (Fsp3) is 0.250. The second kappa shape index (κ2) is 10.9. The van der Waals surface area contributed by atoms with Crippen LogP contribution in [-0.4, -0.2) is 32.0 Å². The molecule has 1 heterocycles. The summed E-state index contributed by atoms with van der Waals surface area (Å²) in [7, 11) is -1.36. The summed E-state index contributed by atoms with van der Waals surface area (Å²) >= 11 is 1.96. The Morgan fingerprint density at radius 3 is 2.50 bits per heavy atom. The van der Waals surface area contributed by atoms with Gasteiger partial charge in [0.15, 0.2) is 5.75 Å². The minimum Gasteiger partial charge on any atom is -0.456 e. The molecule has 0 atom stereocenters. The summed E-state index contributed by atoms with van der Waals surface area (Å²) < 4.78 is 64.8. The number of nitrogens with zero attached hydrogens (tertiary/aromatic N) is 1. The summed E-state index contributed by atoms with van der Waals surface area (Å²) in [5, 5.41) is 5.67. The smallest absolute Gasteiger partial charge is 0.298 e. The fourth-order valence-electron chi connectivity index (χ4n) is 3.61. The lowest BCUT2D eigenvalue weighted by atomic mass is 10.1. The Balaban J connectivity index is 1.86. The van der Waals surface area contributed by atoms with Gasteiger partial charge in [0, 0.05) is 35.8 Å². The highest BCUT2D eigenvalue weighted by Gasteiger charge is 2.31. The average Bonchev–Trinajstić information content (AvgIpc) is 3.65. The van der Waals surface area contributed by atoms with E-state index in [0.29, 0.717) is 3.57 Å². The Morgan fingerprint density at radius 2 is 1.87 bits per heavy atom. The monoisotopic (exact) mass is 659 g/mol. The first-order valence-electron chi connectivity index (χ1n) is 11.3. The van der Waals surface area contributed by atoms with Gasteiger partial charge in [0.25, 0.3) is 21.7 Å². The SMILES string of the molecule is CNS(=O)(=O)Nc1cc(F)cc(Oc2c(C(=O)NC3CC3)c(Nc3ccc(I)cc3F)n(C)c(=O)c2C)c1. The van der Waals surface area contributed by atoms with E-state index in [-0.39, 0.29) is 45.9 Å². The summed E-state index contributed by atoms with van der Waals surface area (Å²) in [4.78, 5) is 26.6. The predicted molar refractivity (Wildman–Crippen MR) is 147 cm³/mol. The normalized spacial score (nSPS) is 13.2. The fourth-order valence-corrected chi connectivity index (χ4v) is 4.59. The molecule has 1 amide bonds. The number of hydrogen-bond acceptors (Lipinski definition) is 6. The number of carbonyl (C=O) groups is 1. The van der Waals surface area contributed by atoms with Crippen LogP contribution in [0.5, 0.6) is 11.5 Å². The predicted octanol–water partition coefficient (Wildman–Crippen LogP) is 3.88. The van der Waals surface area contributed by atoms with Crippen LogP contribution in [-0.2, 0) is 17.3 Å². The van der Waals surface area contributed by atoms with Crippen molar-refractivity contribution in [1.82, 2.24) is 14.6 Å². The highest BCUT2D eigenvalue weighted by molar-refractivity contribution is 14.1. The number of pyridine rings is 1. The molecular formula is C24H24F2IN5O5S. The molecule has 0 bridgehead atoms. The van der Waals surface area contributed by atoms with Gasteiger partial charge in [-0.15, -0.1) is 0 Å². The van der Waals surface area contributed by atoms with Crippen molar-refractivity contribution in [3.63, 3.8) is 0 Å². The van der Waals surface area contributed by atoms with Crippen LogP contribution in [0.1, 0.15) is 28.8 Å². The van der Waals surface area contributed by atoms with Crippen molar-refractivity contribution < 1.29 is 26.7 Å². The summed E-state index contributed by atoms with van der Waals surface area (Å²) in [5.74, 6) is -2.42. The van der Waals surface area contributed by atoms with E-state index in [9.17, 15) is 26.8 Å². The second-order valence-corrected chi connectivity index (χ2v) is 11.5. The minimum atomic E-state index is -3.96. The quantitative estimate of drug-likeness (QED) is 0.258.